The molecular formula is C22H25N5O2. The number of hydrogen-bond acceptors (Lipinski definition) is 5. The van der Waals surface area contributed by atoms with E-state index in [4.69, 9.17) is 4.74 Å². The molecule has 3 aromatic heterocycles. The zero-order valence-corrected chi connectivity index (χ0v) is 16.7. The first-order chi connectivity index (χ1) is 14.1. The van der Waals surface area contributed by atoms with Crippen LogP contribution in [0.4, 0.5) is 5.82 Å². The molecule has 7 heteroatoms. The van der Waals surface area contributed by atoms with E-state index in [1.165, 1.54) is 0 Å². The molecule has 150 valence electrons. The maximum absolute atomic E-state index is 12.0. The second-order valence-corrected chi connectivity index (χ2v) is 7.98. The highest BCUT2D eigenvalue weighted by atomic mass is 16.5. The van der Waals surface area contributed by atoms with Gasteiger partial charge >= 0.3 is 0 Å². The van der Waals surface area contributed by atoms with Crippen LogP contribution in [0.3, 0.4) is 0 Å². The van der Waals surface area contributed by atoms with Crippen molar-refractivity contribution in [2.75, 3.05) is 11.9 Å². The maximum Gasteiger partial charge on any atom is 0.228 e. The number of carbonyl (C=O) groups excluding carboxylic acids is 1. The summed E-state index contributed by atoms with van der Waals surface area (Å²) in [7, 11) is 0. The SMILES string of the molecule is CC[C@@H]1NC[C@@H]1Oc1cnc(C)cc1-c1ccn2nc(NC(=O)C3CC3)cc2c1. The van der Waals surface area contributed by atoms with Gasteiger partial charge in [0.15, 0.2) is 5.82 Å². The van der Waals surface area contributed by atoms with E-state index >= 15 is 0 Å². The van der Waals surface area contributed by atoms with Crippen LogP contribution in [0.1, 0.15) is 31.9 Å². The topological polar surface area (TPSA) is 80.6 Å². The number of fused-ring (bicyclic) bond motifs is 1. The van der Waals surface area contributed by atoms with Crippen molar-refractivity contribution in [3.05, 3.63) is 42.4 Å². The molecule has 7 nitrogen and oxygen atoms in total. The molecule has 1 aliphatic carbocycles. The van der Waals surface area contributed by atoms with Gasteiger partial charge in [-0.05, 0) is 49.9 Å². The second-order valence-electron chi connectivity index (χ2n) is 7.98. The summed E-state index contributed by atoms with van der Waals surface area (Å²) in [6.07, 6.45) is 6.89. The van der Waals surface area contributed by atoms with Crippen molar-refractivity contribution in [2.45, 2.75) is 45.3 Å². The summed E-state index contributed by atoms with van der Waals surface area (Å²) in [4.78, 5) is 16.5. The quantitative estimate of drug-likeness (QED) is 0.675. The Kier molecular flexibility index (Phi) is 4.47. The highest BCUT2D eigenvalue weighted by Crippen LogP contribution is 2.33. The minimum atomic E-state index is 0.0636. The van der Waals surface area contributed by atoms with Gasteiger partial charge in [0.25, 0.3) is 0 Å². The fourth-order valence-electron chi connectivity index (χ4n) is 3.74. The molecule has 4 heterocycles. The smallest absolute Gasteiger partial charge is 0.228 e. The highest BCUT2D eigenvalue weighted by molar-refractivity contribution is 5.93. The predicted molar refractivity (Wildman–Crippen MR) is 111 cm³/mol. The Morgan fingerprint density at radius 3 is 2.93 bits per heavy atom. The Morgan fingerprint density at radius 1 is 1.34 bits per heavy atom. The Morgan fingerprint density at radius 2 is 2.21 bits per heavy atom. The summed E-state index contributed by atoms with van der Waals surface area (Å²) < 4.78 is 8.07. The second kappa shape index (κ2) is 7.15. The number of pyridine rings is 2. The fraction of sp³-hybridized carbons (Fsp3) is 0.409. The molecule has 2 fully saturated rings. The zero-order valence-electron chi connectivity index (χ0n) is 16.7. The third-order valence-electron chi connectivity index (χ3n) is 5.73. The third-order valence-corrected chi connectivity index (χ3v) is 5.73. The fourth-order valence-corrected chi connectivity index (χ4v) is 3.74. The number of nitrogens with one attached hydrogen (secondary N) is 2. The average Bonchev–Trinajstić information content (AvgIpc) is 3.46. The van der Waals surface area contributed by atoms with Gasteiger partial charge in [-0.2, -0.15) is 5.10 Å². The lowest BCUT2D eigenvalue weighted by Gasteiger charge is -2.37. The molecule has 0 bridgehead atoms. The van der Waals surface area contributed by atoms with E-state index in [-0.39, 0.29) is 17.9 Å². The van der Waals surface area contributed by atoms with Gasteiger partial charge in [0.05, 0.1) is 11.7 Å². The molecule has 0 spiro atoms. The van der Waals surface area contributed by atoms with E-state index in [1.54, 1.807) is 4.52 Å². The van der Waals surface area contributed by atoms with Crippen LogP contribution in [0.5, 0.6) is 5.75 Å². The lowest BCUT2D eigenvalue weighted by molar-refractivity contribution is -0.117. The monoisotopic (exact) mass is 391 g/mol. The number of carbonyl (C=O) groups is 1. The Labute approximate surface area is 169 Å². The molecule has 3 aromatic rings. The van der Waals surface area contributed by atoms with Gasteiger partial charge in [-0.15, -0.1) is 0 Å². The molecule has 1 saturated heterocycles. The van der Waals surface area contributed by atoms with Crippen molar-refractivity contribution in [1.82, 2.24) is 19.9 Å². The molecule has 2 N–H and O–H groups in total. The van der Waals surface area contributed by atoms with E-state index < -0.39 is 0 Å². The molecule has 1 saturated carbocycles. The van der Waals surface area contributed by atoms with Crippen molar-refractivity contribution in [1.29, 1.82) is 0 Å². The van der Waals surface area contributed by atoms with Gasteiger partial charge in [0, 0.05) is 42.0 Å². The van der Waals surface area contributed by atoms with Crippen molar-refractivity contribution >= 4 is 17.2 Å². The molecule has 2 atom stereocenters. The minimum absolute atomic E-state index is 0.0636. The largest absolute Gasteiger partial charge is 0.485 e. The average molecular weight is 391 g/mol. The van der Waals surface area contributed by atoms with Crippen LogP contribution >= 0.6 is 0 Å². The number of rotatable bonds is 6. The van der Waals surface area contributed by atoms with Crippen LogP contribution in [0.2, 0.25) is 0 Å². The molecule has 29 heavy (non-hydrogen) atoms. The van der Waals surface area contributed by atoms with Crippen LogP contribution in [0.25, 0.3) is 16.6 Å². The van der Waals surface area contributed by atoms with Crippen LogP contribution in [0.15, 0.2) is 36.7 Å². The van der Waals surface area contributed by atoms with Crippen LogP contribution < -0.4 is 15.4 Å². The van der Waals surface area contributed by atoms with Crippen LogP contribution in [-0.4, -0.2) is 39.2 Å². The molecular weight excluding hydrogens is 366 g/mol. The number of amides is 1. The lowest BCUT2D eigenvalue weighted by Crippen LogP contribution is -2.59. The Hall–Kier alpha value is -2.93. The van der Waals surface area contributed by atoms with Crippen molar-refractivity contribution in [3.8, 4) is 16.9 Å². The standard InChI is InChI=1S/C22H25N5O2/c1-3-18-20(12-24-18)29-19-11-23-13(2)8-17(19)15-6-7-27-16(9-15)10-21(26-27)25-22(28)14-4-5-14/h6-11,14,18,20,24H,3-5,12H2,1-2H3,(H,25,26,28)/t18-,20-/m0/s1. The minimum Gasteiger partial charge on any atom is -0.485 e. The van der Waals surface area contributed by atoms with Gasteiger partial charge in [-0.1, -0.05) is 6.92 Å². The van der Waals surface area contributed by atoms with Gasteiger partial charge in [0.2, 0.25) is 5.91 Å². The van der Waals surface area contributed by atoms with Crippen LogP contribution in [0, 0.1) is 12.8 Å². The number of nitrogens with zero attached hydrogens (tertiary/aromatic N) is 3. The molecule has 0 radical (unpaired) electrons. The summed E-state index contributed by atoms with van der Waals surface area (Å²) in [6.45, 7) is 5.00. The molecule has 0 aromatic carbocycles. The van der Waals surface area contributed by atoms with E-state index in [1.807, 2.05) is 31.5 Å². The van der Waals surface area contributed by atoms with E-state index in [0.29, 0.717) is 11.9 Å². The predicted octanol–water partition coefficient (Wildman–Crippen LogP) is 3.18. The Bertz CT molecular complexity index is 1070. The first-order valence-electron chi connectivity index (χ1n) is 10.3. The first-order valence-corrected chi connectivity index (χ1v) is 10.3. The van der Waals surface area contributed by atoms with E-state index in [0.717, 1.165) is 53.9 Å². The van der Waals surface area contributed by atoms with Crippen molar-refractivity contribution < 1.29 is 9.53 Å². The summed E-state index contributed by atoms with van der Waals surface area (Å²) >= 11 is 0. The van der Waals surface area contributed by atoms with Gasteiger partial charge in [-0.25, -0.2) is 4.52 Å². The molecule has 1 aliphatic heterocycles. The first kappa shape index (κ1) is 18.1. The van der Waals surface area contributed by atoms with Gasteiger partial charge in [-0.3, -0.25) is 9.78 Å². The summed E-state index contributed by atoms with van der Waals surface area (Å²) in [5.74, 6) is 1.61. The number of ether oxygens (including phenoxy) is 1. The third kappa shape index (κ3) is 3.58. The van der Waals surface area contributed by atoms with Crippen LogP contribution in [-0.2, 0) is 4.79 Å². The van der Waals surface area contributed by atoms with E-state index in [2.05, 4.69) is 39.8 Å². The number of aryl methyl sites for hydroxylation is 1. The molecule has 1 amide bonds. The van der Waals surface area contributed by atoms with Gasteiger partial charge in [0.1, 0.15) is 11.9 Å². The molecule has 2 aliphatic rings. The molecule has 5 rings (SSSR count). The molecule has 0 unspecified atom stereocenters. The number of hydrogen-bond donors (Lipinski definition) is 2. The summed E-state index contributed by atoms with van der Waals surface area (Å²) in [6, 6.07) is 8.43. The van der Waals surface area contributed by atoms with E-state index in [9.17, 15) is 4.79 Å². The highest BCUT2D eigenvalue weighted by Gasteiger charge is 2.31. The summed E-state index contributed by atoms with van der Waals surface area (Å²) in [5, 5.41) is 10.8. The zero-order chi connectivity index (χ0) is 20.0. The van der Waals surface area contributed by atoms with Gasteiger partial charge < -0.3 is 15.4 Å². The Balaban J connectivity index is 1.45. The van der Waals surface area contributed by atoms with Crippen molar-refractivity contribution in [2.24, 2.45) is 5.92 Å². The maximum atomic E-state index is 12.0. The summed E-state index contributed by atoms with van der Waals surface area (Å²) in [5.41, 5.74) is 3.92. The van der Waals surface area contributed by atoms with Crippen molar-refractivity contribution in [3.63, 3.8) is 0 Å². The number of aromatic nitrogens is 3. The number of anilines is 1. The lowest BCUT2D eigenvalue weighted by atomic mass is 10.00. The normalized spacial score (nSPS) is 21.0.